The second-order valence-electron chi connectivity index (χ2n) is 9.71. The zero-order valence-corrected chi connectivity index (χ0v) is 21.9. The van der Waals surface area contributed by atoms with E-state index >= 15 is 0 Å². The van der Waals surface area contributed by atoms with Gasteiger partial charge >= 0.3 is 12.4 Å². The number of aryl methyl sites for hydroxylation is 1. The highest BCUT2D eigenvalue weighted by molar-refractivity contribution is 6.13. The fraction of sp³-hybridized carbons (Fsp3) is 0.385. The van der Waals surface area contributed by atoms with Crippen LogP contribution in [0.3, 0.4) is 0 Å². The summed E-state index contributed by atoms with van der Waals surface area (Å²) >= 11 is 0. The number of benzene rings is 1. The molecule has 0 unspecified atom stereocenters. The number of carbonyl (C=O) groups is 1. The third kappa shape index (κ3) is 6.07. The summed E-state index contributed by atoms with van der Waals surface area (Å²) in [6.45, 7) is 6.04. The van der Waals surface area contributed by atoms with Gasteiger partial charge in [0.05, 0.1) is 29.1 Å². The van der Waals surface area contributed by atoms with Gasteiger partial charge in [-0.05, 0) is 32.9 Å². The normalized spacial score (nSPS) is 17.9. The number of aromatic nitrogens is 4. The van der Waals surface area contributed by atoms with Gasteiger partial charge in [0.25, 0.3) is 5.91 Å². The van der Waals surface area contributed by atoms with Crippen LogP contribution in [0.1, 0.15) is 29.9 Å². The van der Waals surface area contributed by atoms with Gasteiger partial charge in [0, 0.05) is 60.9 Å². The van der Waals surface area contributed by atoms with E-state index < -0.39 is 31.3 Å². The highest BCUT2D eigenvalue weighted by atomic mass is 19.4. The molecule has 1 fully saturated rings. The molecule has 2 atom stereocenters. The molecular formula is C26H27F4N7O3. The van der Waals surface area contributed by atoms with Gasteiger partial charge in [0.15, 0.2) is 11.5 Å². The van der Waals surface area contributed by atoms with Gasteiger partial charge in [-0.15, -0.1) is 13.2 Å². The summed E-state index contributed by atoms with van der Waals surface area (Å²) in [5, 5.41) is 6.72. The number of nitrogens with one attached hydrogen (secondary N) is 2. The fourth-order valence-corrected chi connectivity index (χ4v) is 4.88. The maximum atomic E-state index is 14.6. The van der Waals surface area contributed by atoms with Gasteiger partial charge in [0.2, 0.25) is 0 Å². The van der Waals surface area contributed by atoms with E-state index in [4.69, 9.17) is 4.74 Å². The van der Waals surface area contributed by atoms with E-state index in [1.165, 1.54) is 16.7 Å². The van der Waals surface area contributed by atoms with E-state index in [2.05, 4.69) is 49.1 Å². The number of ether oxygens (including phenoxy) is 2. The zero-order chi connectivity index (χ0) is 28.6. The molecule has 1 aliphatic rings. The molecule has 14 heteroatoms. The molecule has 0 radical (unpaired) electrons. The number of nitrogens with zero attached hydrogens (tertiary/aromatic N) is 5. The number of anilines is 2. The molecule has 1 aromatic carbocycles. The topological polar surface area (TPSA) is 106 Å². The average Bonchev–Trinajstić information content (AvgIpc) is 3.25. The van der Waals surface area contributed by atoms with Crippen LogP contribution in [0.5, 0.6) is 6.01 Å². The Morgan fingerprint density at radius 1 is 1.15 bits per heavy atom. The third-order valence-electron chi connectivity index (χ3n) is 6.31. The Hall–Kier alpha value is -4.04. The van der Waals surface area contributed by atoms with E-state index in [9.17, 15) is 22.4 Å². The maximum absolute atomic E-state index is 14.6. The van der Waals surface area contributed by atoms with Crippen LogP contribution in [0, 0.1) is 12.7 Å². The van der Waals surface area contributed by atoms with Crippen molar-refractivity contribution < 1.29 is 31.8 Å². The number of hydrogen-bond donors (Lipinski definition) is 2. The van der Waals surface area contributed by atoms with Crippen LogP contribution in [0.2, 0.25) is 0 Å². The molecule has 40 heavy (non-hydrogen) atoms. The maximum Gasteiger partial charge on any atom is 0.522 e. The lowest BCUT2D eigenvalue weighted by atomic mass is 10.0. The van der Waals surface area contributed by atoms with Crippen molar-refractivity contribution in [3.8, 4) is 6.01 Å². The fourth-order valence-electron chi connectivity index (χ4n) is 4.88. The van der Waals surface area contributed by atoms with E-state index in [0.717, 1.165) is 5.69 Å². The predicted octanol–water partition coefficient (Wildman–Crippen LogP) is 4.08. The van der Waals surface area contributed by atoms with Gasteiger partial charge in [0.1, 0.15) is 6.61 Å². The number of fused-ring (bicyclic) bond motifs is 2. The molecule has 0 aliphatic carbocycles. The van der Waals surface area contributed by atoms with Crippen LogP contribution >= 0.6 is 0 Å². The minimum atomic E-state index is -4.79. The van der Waals surface area contributed by atoms with Gasteiger partial charge in [-0.25, -0.2) is 14.4 Å². The van der Waals surface area contributed by atoms with Crippen LogP contribution in [0.25, 0.3) is 16.6 Å². The van der Waals surface area contributed by atoms with E-state index in [0.29, 0.717) is 24.2 Å². The molecule has 0 spiro atoms. The smallest absolute Gasteiger partial charge is 0.461 e. The molecule has 10 nitrogen and oxygen atoms in total. The molecular weight excluding hydrogens is 534 g/mol. The molecule has 1 amide bonds. The van der Waals surface area contributed by atoms with Crippen molar-refractivity contribution in [3.05, 3.63) is 53.9 Å². The summed E-state index contributed by atoms with van der Waals surface area (Å²) in [6, 6.07) is 4.76. The van der Waals surface area contributed by atoms with Gasteiger partial charge in [-0.1, -0.05) is 0 Å². The van der Waals surface area contributed by atoms with Gasteiger partial charge < -0.3 is 24.7 Å². The lowest BCUT2D eigenvalue weighted by Gasteiger charge is -2.38. The van der Waals surface area contributed by atoms with E-state index in [1.807, 2.05) is 0 Å². The molecule has 4 heterocycles. The summed E-state index contributed by atoms with van der Waals surface area (Å²) in [5.74, 6) is -1.17. The number of rotatable bonds is 7. The summed E-state index contributed by atoms with van der Waals surface area (Å²) in [7, 11) is 0. The van der Waals surface area contributed by atoms with Crippen molar-refractivity contribution in [1.29, 1.82) is 0 Å². The molecule has 0 saturated carbocycles. The summed E-state index contributed by atoms with van der Waals surface area (Å²) in [4.78, 5) is 28.2. The van der Waals surface area contributed by atoms with Gasteiger partial charge in [-0.2, -0.15) is 4.98 Å². The largest absolute Gasteiger partial charge is 0.522 e. The molecule has 2 N–H and O–H groups in total. The Balaban J connectivity index is 1.48. The van der Waals surface area contributed by atoms with Gasteiger partial charge in [-0.3, -0.25) is 9.53 Å². The first kappa shape index (κ1) is 27.5. The summed E-state index contributed by atoms with van der Waals surface area (Å²) < 4.78 is 62.0. The van der Waals surface area contributed by atoms with Crippen molar-refractivity contribution in [1.82, 2.24) is 24.7 Å². The second-order valence-corrected chi connectivity index (χ2v) is 9.71. The molecule has 1 saturated heterocycles. The summed E-state index contributed by atoms with van der Waals surface area (Å²) in [6.07, 6.45) is -0.136. The Kier molecular flexibility index (Phi) is 7.47. The Bertz CT molecular complexity index is 1550. The van der Waals surface area contributed by atoms with Crippen LogP contribution in [-0.4, -0.2) is 70.0 Å². The SMILES string of the molecule is Cc1cn2cc(NC(=O)c3ccc(N4C[C@@H](C)N[C@@H](C)C4)c4cnc(OCCOC(F)(F)F)nc34)cc(F)c2n1. The van der Waals surface area contributed by atoms with Crippen LogP contribution in [-0.2, 0) is 4.74 Å². The highest BCUT2D eigenvalue weighted by Crippen LogP contribution is 2.31. The summed E-state index contributed by atoms with van der Waals surface area (Å²) in [5.41, 5.74) is 2.12. The molecule has 212 valence electrons. The first-order valence-electron chi connectivity index (χ1n) is 12.6. The first-order chi connectivity index (χ1) is 19.0. The molecule has 4 aromatic rings. The third-order valence-corrected chi connectivity index (χ3v) is 6.31. The molecule has 3 aromatic heterocycles. The number of carbonyl (C=O) groups excluding carboxylic acids is 1. The lowest BCUT2D eigenvalue weighted by molar-refractivity contribution is -0.325. The highest BCUT2D eigenvalue weighted by Gasteiger charge is 2.29. The molecule has 0 bridgehead atoms. The Morgan fingerprint density at radius 2 is 1.90 bits per heavy atom. The number of pyridine rings is 1. The number of hydrogen-bond acceptors (Lipinski definition) is 8. The van der Waals surface area contributed by atoms with Crippen molar-refractivity contribution in [2.45, 2.75) is 39.2 Å². The van der Waals surface area contributed by atoms with E-state index in [-0.39, 0.29) is 40.5 Å². The number of amides is 1. The minimum absolute atomic E-state index is 0.133. The Morgan fingerprint density at radius 3 is 2.62 bits per heavy atom. The average molecular weight is 562 g/mol. The number of halogens is 4. The lowest BCUT2D eigenvalue weighted by Crippen LogP contribution is -2.54. The van der Waals surface area contributed by atoms with Crippen molar-refractivity contribution in [3.63, 3.8) is 0 Å². The minimum Gasteiger partial charge on any atom is -0.461 e. The number of imidazole rings is 1. The number of alkyl halides is 3. The quantitative estimate of drug-likeness (QED) is 0.257. The zero-order valence-electron chi connectivity index (χ0n) is 21.9. The predicted molar refractivity (Wildman–Crippen MR) is 139 cm³/mol. The van der Waals surface area contributed by atoms with Crippen molar-refractivity contribution in [2.24, 2.45) is 0 Å². The van der Waals surface area contributed by atoms with Crippen molar-refractivity contribution >= 4 is 33.8 Å². The molecule has 5 rings (SSSR count). The van der Waals surface area contributed by atoms with Crippen molar-refractivity contribution in [2.75, 3.05) is 36.5 Å². The Labute approximate surface area is 226 Å². The standard InChI is InChI=1S/C26H27F4N7O3/c1-14-10-36(11-15(2)32-14)21-5-4-18(22-19(21)9-31-25(35-22)39-6-7-40-26(28,29)30)24(38)34-17-8-20(27)23-33-16(3)12-37(23)13-17/h4-5,8-9,12-15,32H,6-7,10-11H2,1-3H3,(H,34,38)/t14-,15+. The van der Waals surface area contributed by atoms with Crippen LogP contribution in [0.4, 0.5) is 28.9 Å². The monoisotopic (exact) mass is 561 g/mol. The van der Waals surface area contributed by atoms with E-state index in [1.54, 1.807) is 31.5 Å². The van der Waals surface area contributed by atoms with Crippen LogP contribution < -0.4 is 20.3 Å². The second kappa shape index (κ2) is 10.8. The first-order valence-corrected chi connectivity index (χ1v) is 12.6. The molecule has 1 aliphatic heterocycles. The number of piperazine rings is 1. The van der Waals surface area contributed by atoms with Crippen LogP contribution in [0.15, 0.2) is 36.8 Å².